The largest absolute Gasteiger partial charge is 0.493 e. The lowest BCUT2D eigenvalue weighted by Crippen LogP contribution is -2.36. The summed E-state index contributed by atoms with van der Waals surface area (Å²) in [5.41, 5.74) is 7.85. The molecule has 174 valence electrons. The van der Waals surface area contributed by atoms with Crippen molar-refractivity contribution >= 4 is 34.7 Å². The van der Waals surface area contributed by atoms with E-state index in [1.807, 2.05) is 70.6 Å². The molecule has 0 bridgehead atoms. The zero-order chi connectivity index (χ0) is 23.9. The predicted octanol–water partition coefficient (Wildman–Crippen LogP) is 4.40. The maximum absolute atomic E-state index is 12.4. The van der Waals surface area contributed by atoms with Crippen LogP contribution in [0.25, 0.3) is 22.8 Å². The Morgan fingerprint density at radius 2 is 1.82 bits per heavy atom. The fraction of sp³-hybridized carbons (Fsp3) is 0.125. The number of hydrogen-bond acceptors (Lipinski definition) is 8. The zero-order valence-electron chi connectivity index (χ0n) is 18.6. The third-order valence-electron chi connectivity index (χ3n) is 4.79. The molecule has 8 nitrogen and oxygen atoms in total. The van der Waals surface area contributed by atoms with E-state index in [4.69, 9.17) is 9.47 Å². The lowest BCUT2D eigenvalue weighted by Gasteiger charge is -2.13. The van der Waals surface area contributed by atoms with Crippen LogP contribution in [0.15, 0.2) is 77.8 Å². The molecule has 1 amide bonds. The van der Waals surface area contributed by atoms with Crippen molar-refractivity contribution in [2.24, 2.45) is 0 Å². The quantitative estimate of drug-likeness (QED) is 0.250. The van der Waals surface area contributed by atoms with E-state index in [1.54, 1.807) is 25.6 Å². The van der Waals surface area contributed by atoms with Crippen molar-refractivity contribution in [1.82, 2.24) is 25.6 Å². The minimum Gasteiger partial charge on any atom is -0.493 e. The van der Waals surface area contributed by atoms with Gasteiger partial charge in [-0.25, -0.2) is 0 Å². The molecule has 0 saturated heterocycles. The number of nitrogens with one attached hydrogen (secondary N) is 2. The summed E-state index contributed by atoms with van der Waals surface area (Å²) in [5.74, 6) is 1.77. The number of nitrogens with zero attached hydrogens (tertiary/aromatic N) is 3. The molecule has 2 N–H and O–H groups in total. The third-order valence-corrected chi connectivity index (χ3v) is 6.65. The summed E-state index contributed by atoms with van der Waals surface area (Å²) in [6.07, 6.45) is 0. The Balaban J connectivity index is 1.54. The van der Waals surface area contributed by atoms with Gasteiger partial charge in [0.25, 0.3) is 0 Å². The van der Waals surface area contributed by atoms with E-state index >= 15 is 0 Å². The fourth-order valence-corrected chi connectivity index (χ4v) is 4.56. The lowest BCUT2D eigenvalue weighted by atomic mass is 10.2. The number of thiophene rings is 1. The Bertz CT molecular complexity index is 1270. The average Bonchev–Trinajstić information content (AvgIpc) is 3.56. The monoisotopic (exact) mass is 493 g/mol. The van der Waals surface area contributed by atoms with Crippen LogP contribution in [0.1, 0.15) is 4.88 Å². The van der Waals surface area contributed by atoms with Gasteiger partial charge in [-0.05, 0) is 41.8 Å². The molecule has 0 unspecified atom stereocenters. The summed E-state index contributed by atoms with van der Waals surface area (Å²) >= 11 is 2.83. The van der Waals surface area contributed by atoms with Crippen LogP contribution in [0, 0.1) is 0 Å². The second-order valence-electron chi connectivity index (χ2n) is 6.96. The smallest absolute Gasteiger partial charge is 0.248 e. The number of hydrogen-bond donors (Lipinski definition) is 2. The number of rotatable bonds is 10. The number of methoxy groups -OCH3 is 2. The van der Waals surface area contributed by atoms with E-state index in [2.05, 4.69) is 27.6 Å². The van der Waals surface area contributed by atoms with Gasteiger partial charge in [0, 0.05) is 11.3 Å². The van der Waals surface area contributed by atoms with Gasteiger partial charge in [-0.15, -0.1) is 21.5 Å². The molecule has 0 fully saturated rings. The first kappa shape index (κ1) is 23.4. The first-order valence-electron chi connectivity index (χ1n) is 10.2. The number of ether oxygens (including phenoxy) is 2. The lowest BCUT2D eigenvalue weighted by molar-refractivity contribution is -0.119. The molecule has 4 rings (SSSR count). The van der Waals surface area contributed by atoms with Gasteiger partial charge in [-0.3, -0.25) is 20.2 Å². The molecule has 4 aromatic rings. The van der Waals surface area contributed by atoms with Crippen LogP contribution in [0.2, 0.25) is 0 Å². The third kappa shape index (κ3) is 5.24. The predicted molar refractivity (Wildman–Crippen MR) is 135 cm³/mol. The second kappa shape index (κ2) is 10.9. The summed E-state index contributed by atoms with van der Waals surface area (Å²) in [6, 6.07) is 19.2. The van der Waals surface area contributed by atoms with Gasteiger partial charge in [-0.1, -0.05) is 42.6 Å². The number of carbonyl (C=O) groups excluding carboxylic acids is 1. The Hall–Kier alpha value is -3.76. The van der Waals surface area contributed by atoms with Crippen molar-refractivity contribution in [1.29, 1.82) is 0 Å². The highest BCUT2D eigenvalue weighted by Crippen LogP contribution is 2.34. The molecule has 0 atom stereocenters. The Morgan fingerprint density at radius 3 is 2.53 bits per heavy atom. The topological polar surface area (TPSA) is 90.3 Å². The Morgan fingerprint density at radius 1 is 1.03 bits per heavy atom. The molecule has 0 aliphatic rings. The molecule has 2 heterocycles. The van der Waals surface area contributed by atoms with Gasteiger partial charge in [0.15, 0.2) is 22.5 Å². The average molecular weight is 494 g/mol. The molecule has 0 aliphatic heterocycles. The maximum atomic E-state index is 12.4. The van der Waals surface area contributed by atoms with Gasteiger partial charge < -0.3 is 9.47 Å². The van der Waals surface area contributed by atoms with Crippen LogP contribution in [-0.2, 0) is 4.79 Å². The number of thioether (sulfide) groups is 1. The minimum absolute atomic E-state index is 0.140. The van der Waals surface area contributed by atoms with Gasteiger partial charge in [0.05, 0.1) is 30.5 Å². The number of amides is 1. The van der Waals surface area contributed by atoms with E-state index < -0.39 is 0 Å². The summed E-state index contributed by atoms with van der Waals surface area (Å²) < 4.78 is 12.7. The number of benzene rings is 2. The molecule has 0 spiro atoms. The van der Waals surface area contributed by atoms with Crippen molar-refractivity contribution < 1.29 is 14.3 Å². The standard InChI is InChI=1S/C24H23N5O3S2/c1-16(21-10-7-13-33-21)25-26-22(30)15-34-24-28-27-23(29(24)18-8-5-4-6-9-18)17-11-12-19(31-2)20(14-17)32-3/h4-14,25H,1,15H2,2-3H3,(H,26,30). The number of hydrazine groups is 1. The highest BCUT2D eigenvalue weighted by Gasteiger charge is 2.19. The van der Waals surface area contributed by atoms with E-state index in [1.165, 1.54) is 11.8 Å². The zero-order valence-corrected chi connectivity index (χ0v) is 20.3. The van der Waals surface area contributed by atoms with Gasteiger partial charge >= 0.3 is 0 Å². The molecular formula is C24H23N5O3S2. The van der Waals surface area contributed by atoms with Crippen LogP contribution in [-0.4, -0.2) is 40.6 Å². The highest BCUT2D eigenvalue weighted by atomic mass is 32.2. The summed E-state index contributed by atoms with van der Waals surface area (Å²) in [6.45, 7) is 3.94. The number of carbonyl (C=O) groups is 1. The van der Waals surface area contributed by atoms with Crippen molar-refractivity contribution in [3.8, 4) is 28.6 Å². The van der Waals surface area contributed by atoms with Crippen molar-refractivity contribution in [3.05, 3.63) is 77.5 Å². The second-order valence-corrected chi connectivity index (χ2v) is 8.85. The number of aromatic nitrogens is 3. The Kier molecular flexibility index (Phi) is 7.51. The van der Waals surface area contributed by atoms with Crippen molar-refractivity contribution in [3.63, 3.8) is 0 Å². The van der Waals surface area contributed by atoms with E-state index in [0.29, 0.717) is 28.2 Å². The molecule has 0 saturated carbocycles. The normalized spacial score (nSPS) is 10.5. The van der Waals surface area contributed by atoms with Crippen molar-refractivity contribution in [2.45, 2.75) is 5.16 Å². The summed E-state index contributed by atoms with van der Waals surface area (Å²) in [7, 11) is 3.18. The van der Waals surface area contributed by atoms with Crippen LogP contribution >= 0.6 is 23.1 Å². The highest BCUT2D eigenvalue weighted by molar-refractivity contribution is 7.99. The summed E-state index contributed by atoms with van der Waals surface area (Å²) in [4.78, 5) is 13.4. The van der Waals surface area contributed by atoms with Crippen molar-refractivity contribution in [2.75, 3.05) is 20.0 Å². The van der Waals surface area contributed by atoms with Gasteiger partial charge in [0.2, 0.25) is 5.91 Å². The molecule has 2 aromatic heterocycles. The first-order valence-corrected chi connectivity index (χ1v) is 12.1. The van der Waals surface area contributed by atoms with Crippen LogP contribution in [0.4, 0.5) is 0 Å². The van der Waals surface area contributed by atoms with Crippen LogP contribution in [0.5, 0.6) is 11.5 Å². The first-order chi connectivity index (χ1) is 16.6. The molecule has 34 heavy (non-hydrogen) atoms. The van der Waals surface area contributed by atoms with E-state index in [9.17, 15) is 4.79 Å². The molecule has 0 radical (unpaired) electrons. The molecule has 10 heteroatoms. The van der Waals surface area contributed by atoms with E-state index in [-0.39, 0.29) is 11.7 Å². The van der Waals surface area contributed by atoms with E-state index in [0.717, 1.165) is 16.1 Å². The maximum Gasteiger partial charge on any atom is 0.248 e. The van der Waals surface area contributed by atoms with Gasteiger partial charge in [0.1, 0.15) is 0 Å². The molecule has 0 aliphatic carbocycles. The SMILES string of the molecule is C=C(NNC(=O)CSc1nnc(-c2ccc(OC)c(OC)c2)n1-c1ccccc1)c1cccs1. The number of para-hydroxylation sites is 1. The Labute approximate surface area is 205 Å². The molecule has 2 aromatic carbocycles. The molecular weight excluding hydrogens is 470 g/mol. The van der Waals surface area contributed by atoms with Gasteiger partial charge in [-0.2, -0.15) is 0 Å². The summed E-state index contributed by atoms with van der Waals surface area (Å²) in [5, 5.41) is 11.3. The van der Waals surface area contributed by atoms with Crippen LogP contribution in [0.3, 0.4) is 0 Å². The van der Waals surface area contributed by atoms with Crippen LogP contribution < -0.4 is 20.3 Å². The fourth-order valence-electron chi connectivity index (χ4n) is 3.16. The minimum atomic E-state index is -0.210.